The van der Waals surface area contributed by atoms with Gasteiger partial charge in [0.25, 0.3) is 5.91 Å². The van der Waals surface area contributed by atoms with Gasteiger partial charge in [0.05, 0.1) is 17.9 Å². The molecule has 1 saturated heterocycles. The van der Waals surface area contributed by atoms with Crippen molar-refractivity contribution < 1.29 is 9.53 Å². The Bertz CT molecular complexity index is 482. The van der Waals surface area contributed by atoms with E-state index in [1.165, 1.54) is 0 Å². The van der Waals surface area contributed by atoms with Gasteiger partial charge < -0.3 is 20.7 Å². The molecule has 21 heavy (non-hydrogen) atoms. The van der Waals surface area contributed by atoms with Gasteiger partial charge in [0, 0.05) is 19.1 Å². The standard InChI is InChI=1S/C16H25N3O2/c1-3-19-10-8-12(9-11-19)18-16(20)13-6-5-7-14(17)15(13)21-4-2/h5-7,12H,3-4,8-11,17H2,1-2H3,(H,18,20). The number of hydrogen-bond donors (Lipinski definition) is 2. The Morgan fingerprint density at radius 1 is 1.38 bits per heavy atom. The quantitative estimate of drug-likeness (QED) is 0.813. The van der Waals surface area contributed by atoms with Crippen molar-refractivity contribution in [2.75, 3.05) is 32.0 Å². The van der Waals surface area contributed by atoms with Crippen molar-refractivity contribution >= 4 is 11.6 Å². The van der Waals surface area contributed by atoms with Gasteiger partial charge in [0.15, 0.2) is 5.75 Å². The van der Waals surface area contributed by atoms with E-state index in [2.05, 4.69) is 17.1 Å². The summed E-state index contributed by atoms with van der Waals surface area (Å²) in [7, 11) is 0. The lowest BCUT2D eigenvalue weighted by molar-refractivity contribution is 0.0909. The molecule has 0 aliphatic carbocycles. The smallest absolute Gasteiger partial charge is 0.255 e. The molecule has 0 spiro atoms. The van der Waals surface area contributed by atoms with Crippen LogP contribution in [-0.4, -0.2) is 43.1 Å². The van der Waals surface area contributed by atoms with Crippen molar-refractivity contribution in [1.82, 2.24) is 10.2 Å². The minimum atomic E-state index is -0.0966. The summed E-state index contributed by atoms with van der Waals surface area (Å²) in [4.78, 5) is 14.8. The topological polar surface area (TPSA) is 67.6 Å². The summed E-state index contributed by atoms with van der Waals surface area (Å²) in [6, 6.07) is 5.53. The summed E-state index contributed by atoms with van der Waals surface area (Å²) >= 11 is 0. The molecule has 5 heteroatoms. The maximum atomic E-state index is 12.5. The maximum Gasteiger partial charge on any atom is 0.255 e. The molecule has 1 aliphatic heterocycles. The average molecular weight is 291 g/mol. The SMILES string of the molecule is CCOc1c(N)cccc1C(=O)NC1CCN(CC)CC1. The molecule has 0 aromatic heterocycles. The number of nitrogens with two attached hydrogens (primary N) is 1. The lowest BCUT2D eigenvalue weighted by atomic mass is 10.0. The van der Waals surface area contributed by atoms with Crippen LogP contribution in [0.25, 0.3) is 0 Å². The van der Waals surface area contributed by atoms with E-state index in [9.17, 15) is 4.79 Å². The third-order valence-electron chi connectivity index (χ3n) is 3.95. The second-order valence-electron chi connectivity index (χ2n) is 5.34. The highest BCUT2D eigenvalue weighted by Gasteiger charge is 2.22. The number of amides is 1. The number of nitrogens with one attached hydrogen (secondary N) is 1. The second-order valence-corrected chi connectivity index (χ2v) is 5.34. The molecule has 1 aromatic carbocycles. The molecule has 0 unspecified atom stereocenters. The number of piperidine rings is 1. The highest BCUT2D eigenvalue weighted by Crippen LogP contribution is 2.26. The first-order chi connectivity index (χ1) is 10.2. The number of nitrogen functional groups attached to an aromatic ring is 1. The van der Waals surface area contributed by atoms with E-state index in [1.807, 2.05) is 6.92 Å². The predicted molar refractivity (Wildman–Crippen MR) is 84.6 cm³/mol. The van der Waals surface area contributed by atoms with Crippen molar-refractivity contribution in [2.24, 2.45) is 0 Å². The normalized spacial score (nSPS) is 16.7. The first-order valence-corrected chi connectivity index (χ1v) is 7.70. The van der Waals surface area contributed by atoms with E-state index in [-0.39, 0.29) is 11.9 Å². The molecule has 116 valence electrons. The number of nitrogens with zero attached hydrogens (tertiary/aromatic N) is 1. The van der Waals surface area contributed by atoms with Crippen LogP contribution in [0, 0.1) is 0 Å². The number of para-hydroxylation sites is 1. The van der Waals surface area contributed by atoms with Gasteiger partial charge in [-0.3, -0.25) is 4.79 Å². The Balaban J connectivity index is 2.02. The van der Waals surface area contributed by atoms with E-state index in [0.29, 0.717) is 23.6 Å². The monoisotopic (exact) mass is 291 g/mol. The van der Waals surface area contributed by atoms with E-state index < -0.39 is 0 Å². The zero-order valence-corrected chi connectivity index (χ0v) is 12.9. The molecule has 1 aliphatic rings. The van der Waals surface area contributed by atoms with Crippen LogP contribution in [0.15, 0.2) is 18.2 Å². The Labute approximate surface area is 126 Å². The number of anilines is 1. The molecule has 3 N–H and O–H groups in total. The van der Waals surface area contributed by atoms with E-state index in [4.69, 9.17) is 10.5 Å². The van der Waals surface area contributed by atoms with E-state index in [1.54, 1.807) is 18.2 Å². The van der Waals surface area contributed by atoms with Crippen LogP contribution in [0.2, 0.25) is 0 Å². The Kier molecular flexibility index (Phi) is 5.44. The fourth-order valence-electron chi connectivity index (χ4n) is 2.70. The van der Waals surface area contributed by atoms with E-state index in [0.717, 1.165) is 32.5 Å². The van der Waals surface area contributed by atoms with Crippen molar-refractivity contribution in [2.45, 2.75) is 32.7 Å². The van der Waals surface area contributed by atoms with Crippen molar-refractivity contribution in [1.29, 1.82) is 0 Å². The third kappa shape index (κ3) is 3.88. The molecule has 0 bridgehead atoms. The minimum Gasteiger partial charge on any atom is -0.491 e. The van der Waals surface area contributed by atoms with Gasteiger partial charge in [0.2, 0.25) is 0 Å². The number of carbonyl (C=O) groups excluding carboxylic acids is 1. The number of ether oxygens (including phenoxy) is 1. The largest absolute Gasteiger partial charge is 0.491 e. The maximum absolute atomic E-state index is 12.5. The second kappa shape index (κ2) is 7.31. The third-order valence-corrected chi connectivity index (χ3v) is 3.95. The Morgan fingerprint density at radius 2 is 2.10 bits per heavy atom. The molecule has 2 rings (SSSR count). The van der Waals surface area contributed by atoms with E-state index >= 15 is 0 Å². The average Bonchev–Trinajstić information content (AvgIpc) is 2.50. The van der Waals surface area contributed by atoms with Crippen LogP contribution < -0.4 is 15.8 Å². The summed E-state index contributed by atoms with van der Waals surface area (Å²) in [6.45, 7) is 7.69. The first kappa shape index (κ1) is 15.6. The lowest BCUT2D eigenvalue weighted by Crippen LogP contribution is -2.44. The molecule has 5 nitrogen and oxygen atoms in total. The summed E-state index contributed by atoms with van der Waals surface area (Å²) in [5.41, 5.74) is 6.93. The zero-order valence-electron chi connectivity index (χ0n) is 12.9. The fraction of sp³-hybridized carbons (Fsp3) is 0.562. The molecule has 1 amide bonds. The molecular weight excluding hydrogens is 266 g/mol. The van der Waals surface area contributed by atoms with Crippen molar-refractivity contribution in [3.05, 3.63) is 23.8 Å². The van der Waals surface area contributed by atoms with Gasteiger partial charge in [-0.25, -0.2) is 0 Å². The minimum absolute atomic E-state index is 0.0966. The number of hydrogen-bond acceptors (Lipinski definition) is 4. The highest BCUT2D eigenvalue weighted by molar-refractivity contribution is 5.98. The van der Waals surface area contributed by atoms with Crippen molar-refractivity contribution in [3.8, 4) is 5.75 Å². The van der Waals surface area contributed by atoms with Gasteiger partial charge in [-0.2, -0.15) is 0 Å². The zero-order chi connectivity index (χ0) is 15.2. The van der Waals surface area contributed by atoms with Gasteiger partial charge in [0.1, 0.15) is 0 Å². The molecule has 0 atom stereocenters. The number of carbonyl (C=O) groups is 1. The summed E-state index contributed by atoms with van der Waals surface area (Å²) < 4.78 is 5.52. The van der Waals surface area contributed by atoms with Gasteiger partial charge in [-0.1, -0.05) is 13.0 Å². The van der Waals surface area contributed by atoms with Crippen LogP contribution in [-0.2, 0) is 0 Å². The Hall–Kier alpha value is -1.75. The van der Waals surface area contributed by atoms with Crippen LogP contribution in [0.4, 0.5) is 5.69 Å². The molecular formula is C16H25N3O2. The number of benzene rings is 1. The molecule has 1 heterocycles. The lowest BCUT2D eigenvalue weighted by Gasteiger charge is -2.31. The molecule has 0 saturated carbocycles. The van der Waals surface area contributed by atoms with Crippen molar-refractivity contribution in [3.63, 3.8) is 0 Å². The van der Waals surface area contributed by atoms with Gasteiger partial charge in [-0.05, 0) is 38.4 Å². The van der Waals surface area contributed by atoms with Crippen LogP contribution in [0.5, 0.6) is 5.75 Å². The number of likely N-dealkylation sites (tertiary alicyclic amines) is 1. The van der Waals surface area contributed by atoms with Gasteiger partial charge in [-0.15, -0.1) is 0 Å². The molecule has 1 aromatic rings. The molecule has 1 fully saturated rings. The van der Waals surface area contributed by atoms with Crippen LogP contribution >= 0.6 is 0 Å². The van der Waals surface area contributed by atoms with Crippen LogP contribution in [0.3, 0.4) is 0 Å². The summed E-state index contributed by atoms with van der Waals surface area (Å²) in [6.07, 6.45) is 1.98. The Morgan fingerprint density at radius 3 is 2.71 bits per heavy atom. The summed E-state index contributed by atoms with van der Waals surface area (Å²) in [5, 5.41) is 3.10. The summed E-state index contributed by atoms with van der Waals surface area (Å²) in [5.74, 6) is 0.393. The first-order valence-electron chi connectivity index (χ1n) is 7.70. The molecule has 0 radical (unpaired) electrons. The fourth-order valence-corrected chi connectivity index (χ4v) is 2.70. The highest BCUT2D eigenvalue weighted by atomic mass is 16.5. The number of rotatable bonds is 5. The van der Waals surface area contributed by atoms with Gasteiger partial charge >= 0.3 is 0 Å². The predicted octanol–water partition coefficient (Wildman–Crippen LogP) is 1.88. The van der Waals surface area contributed by atoms with Crippen LogP contribution in [0.1, 0.15) is 37.0 Å².